The van der Waals surface area contributed by atoms with Gasteiger partial charge in [-0.15, -0.1) is 0 Å². The Morgan fingerprint density at radius 2 is 1.83 bits per heavy atom. The first-order chi connectivity index (χ1) is 11.1. The van der Waals surface area contributed by atoms with Gasteiger partial charge in [0.05, 0.1) is 11.4 Å². The molecule has 0 saturated carbocycles. The Balaban J connectivity index is 1.93. The highest BCUT2D eigenvalue weighted by atomic mass is 19.1. The number of hydrogen-bond donors (Lipinski definition) is 2. The summed E-state index contributed by atoms with van der Waals surface area (Å²) in [4.78, 5) is 0. The monoisotopic (exact) mass is 312 g/mol. The predicted octanol–water partition coefficient (Wildman–Crippen LogP) is 4.66. The molecule has 3 nitrogen and oxygen atoms in total. The van der Waals surface area contributed by atoms with Gasteiger partial charge in [0.15, 0.2) is 5.82 Å². The molecule has 0 fully saturated rings. The van der Waals surface area contributed by atoms with Gasteiger partial charge < -0.3 is 5.11 Å². The van der Waals surface area contributed by atoms with E-state index in [1.165, 1.54) is 6.07 Å². The summed E-state index contributed by atoms with van der Waals surface area (Å²) in [6, 6.07) is 14.3. The molecule has 0 bridgehead atoms. The third-order valence-electron chi connectivity index (χ3n) is 3.57. The van der Waals surface area contributed by atoms with Crippen molar-refractivity contribution in [3.63, 3.8) is 0 Å². The van der Waals surface area contributed by atoms with E-state index < -0.39 is 11.6 Å². The van der Waals surface area contributed by atoms with Crippen LogP contribution in [0.5, 0.6) is 5.75 Å². The second-order valence-electron chi connectivity index (χ2n) is 5.12. The Kier molecular flexibility index (Phi) is 3.93. The van der Waals surface area contributed by atoms with Crippen LogP contribution in [0.4, 0.5) is 14.5 Å². The van der Waals surface area contributed by atoms with Gasteiger partial charge in [0.2, 0.25) is 0 Å². The van der Waals surface area contributed by atoms with Gasteiger partial charge in [0.1, 0.15) is 11.6 Å². The lowest BCUT2D eigenvalue weighted by Gasteiger charge is -2.09. The van der Waals surface area contributed by atoms with Crippen molar-refractivity contribution in [1.82, 2.24) is 0 Å². The van der Waals surface area contributed by atoms with Crippen LogP contribution < -0.4 is 5.43 Å². The molecule has 0 heterocycles. The zero-order valence-corrected chi connectivity index (χ0v) is 12.3. The number of phenolic OH excluding ortho intramolecular Hbond substituents is 1. The molecule has 0 atom stereocenters. The van der Waals surface area contributed by atoms with E-state index in [1.807, 2.05) is 30.3 Å². The number of nitrogens with zero attached hydrogens (tertiary/aromatic N) is 1. The van der Waals surface area contributed by atoms with Crippen LogP contribution in [0.1, 0.15) is 12.5 Å². The summed E-state index contributed by atoms with van der Waals surface area (Å²) in [5.74, 6) is -1.27. The van der Waals surface area contributed by atoms with Gasteiger partial charge >= 0.3 is 0 Å². The number of fused-ring (bicyclic) bond motifs is 1. The average Bonchev–Trinajstić information content (AvgIpc) is 2.54. The number of hydrogen-bond acceptors (Lipinski definition) is 3. The quantitative estimate of drug-likeness (QED) is 0.546. The lowest BCUT2D eigenvalue weighted by atomic mass is 10.0. The summed E-state index contributed by atoms with van der Waals surface area (Å²) >= 11 is 0. The first-order valence-corrected chi connectivity index (χ1v) is 7.02. The Bertz CT molecular complexity index is 907. The van der Waals surface area contributed by atoms with E-state index >= 15 is 0 Å². The van der Waals surface area contributed by atoms with Crippen LogP contribution >= 0.6 is 0 Å². The van der Waals surface area contributed by atoms with Crippen molar-refractivity contribution in [3.05, 3.63) is 71.8 Å². The molecule has 3 rings (SSSR count). The lowest BCUT2D eigenvalue weighted by molar-refractivity contribution is 0.480. The van der Waals surface area contributed by atoms with Crippen LogP contribution in [0.25, 0.3) is 10.8 Å². The Morgan fingerprint density at radius 1 is 1.04 bits per heavy atom. The number of anilines is 1. The van der Waals surface area contributed by atoms with Crippen molar-refractivity contribution in [2.75, 3.05) is 5.43 Å². The van der Waals surface area contributed by atoms with E-state index in [9.17, 15) is 13.9 Å². The van der Waals surface area contributed by atoms with Gasteiger partial charge in [-0.2, -0.15) is 5.10 Å². The van der Waals surface area contributed by atoms with Crippen LogP contribution in [0.15, 0.2) is 59.7 Å². The van der Waals surface area contributed by atoms with Crippen molar-refractivity contribution >= 4 is 22.2 Å². The molecule has 3 aromatic carbocycles. The Labute approximate surface area is 131 Å². The maximum atomic E-state index is 13.6. The standard InChI is InChI=1S/C18H14F2N2O/c1-11(21-22-17-9-7-13(19)10-16(17)20)14-8-6-12-4-2-3-5-15(12)18(14)23/h2-10,22-23H,1H3/b21-11+. The molecule has 23 heavy (non-hydrogen) atoms. The summed E-state index contributed by atoms with van der Waals surface area (Å²) < 4.78 is 26.4. The van der Waals surface area contributed by atoms with Crippen molar-refractivity contribution < 1.29 is 13.9 Å². The third-order valence-corrected chi connectivity index (χ3v) is 3.57. The fourth-order valence-corrected chi connectivity index (χ4v) is 2.33. The molecular weight excluding hydrogens is 298 g/mol. The summed E-state index contributed by atoms with van der Waals surface area (Å²) in [5.41, 5.74) is 3.63. The van der Waals surface area contributed by atoms with E-state index in [1.54, 1.807) is 13.0 Å². The van der Waals surface area contributed by atoms with E-state index in [2.05, 4.69) is 10.5 Å². The van der Waals surface area contributed by atoms with Crippen molar-refractivity contribution in [2.45, 2.75) is 6.92 Å². The number of hydrazone groups is 1. The van der Waals surface area contributed by atoms with Gasteiger partial charge in [-0.05, 0) is 30.5 Å². The highest BCUT2D eigenvalue weighted by Gasteiger charge is 2.09. The normalized spacial score (nSPS) is 11.7. The maximum Gasteiger partial charge on any atom is 0.151 e. The molecule has 0 aromatic heterocycles. The number of phenols is 1. The lowest BCUT2D eigenvalue weighted by Crippen LogP contribution is -2.01. The minimum absolute atomic E-state index is 0.0611. The van der Waals surface area contributed by atoms with Crippen LogP contribution in [-0.4, -0.2) is 10.8 Å². The zero-order chi connectivity index (χ0) is 16.4. The molecule has 0 radical (unpaired) electrons. The summed E-state index contributed by atoms with van der Waals surface area (Å²) in [6.07, 6.45) is 0. The van der Waals surface area contributed by atoms with Crippen molar-refractivity contribution in [2.24, 2.45) is 5.10 Å². The molecule has 0 spiro atoms. The molecule has 3 aromatic rings. The van der Waals surface area contributed by atoms with Gasteiger partial charge in [0, 0.05) is 17.0 Å². The molecule has 0 saturated heterocycles. The van der Waals surface area contributed by atoms with Crippen LogP contribution in [-0.2, 0) is 0 Å². The Hall–Kier alpha value is -2.95. The fraction of sp³-hybridized carbons (Fsp3) is 0.0556. The maximum absolute atomic E-state index is 13.6. The van der Waals surface area contributed by atoms with Gasteiger partial charge in [-0.1, -0.05) is 30.3 Å². The molecule has 5 heteroatoms. The van der Waals surface area contributed by atoms with E-state index in [4.69, 9.17) is 0 Å². The van der Waals surface area contributed by atoms with Gasteiger partial charge in [-0.3, -0.25) is 5.43 Å². The first-order valence-electron chi connectivity index (χ1n) is 7.02. The van der Waals surface area contributed by atoms with E-state index in [0.717, 1.165) is 17.5 Å². The topological polar surface area (TPSA) is 44.6 Å². The largest absolute Gasteiger partial charge is 0.507 e. The number of benzene rings is 3. The van der Waals surface area contributed by atoms with Gasteiger partial charge in [-0.25, -0.2) is 8.78 Å². The molecule has 0 aliphatic heterocycles. The number of aromatic hydroxyl groups is 1. The van der Waals surface area contributed by atoms with E-state index in [-0.39, 0.29) is 11.4 Å². The molecule has 0 amide bonds. The number of halogens is 2. The third kappa shape index (κ3) is 2.99. The Morgan fingerprint density at radius 3 is 2.61 bits per heavy atom. The van der Waals surface area contributed by atoms with Crippen molar-refractivity contribution in [3.8, 4) is 5.75 Å². The summed E-state index contributed by atoms with van der Waals surface area (Å²) in [6.45, 7) is 1.69. The molecule has 2 N–H and O–H groups in total. The average molecular weight is 312 g/mol. The zero-order valence-electron chi connectivity index (χ0n) is 12.3. The fourth-order valence-electron chi connectivity index (χ4n) is 2.33. The second-order valence-corrected chi connectivity index (χ2v) is 5.12. The minimum atomic E-state index is -0.732. The molecule has 0 unspecified atom stereocenters. The van der Waals surface area contributed by atoms with Crippen LogP contribution in [0.2, 0.25) is 0 Å². The molecule has 116 valence electrons. The number of nitrogens with one attached hydrogen (secondary N) is 1. The van der Waals surface area contributed by atoms with Crippen LogP contribution in [0.3, 0.4) is 0 Å². The smallest absolute Gasteiger partial charge is 0.151 e. The highest BCUT2D eigenvalue weighted by Crippen LogP contribution is 2.29. The molecular formula is C18H14F2N2O. The first kappa shape index (κ1) is 15.0. The van der Waals surface area contributed by atoms with Crippen molar-refractivity contribution in [1.29, 1.82) is 0 Å². The molecule has 0 aliphatic rings. The molecule has 0 aliphatic carbocycles. The SMILES string of the molecule is C/C(=N\Nc1ccc(F)cc1F)c1ccc2ccccc2c1O. The van der Waals surface area contributed by atoms with Gasteiger partial charge in [0.25, 0.3) is 0 Å². The van der Waals surface area contributed by atoms with Crippen LogP contribution in [0, 0.1) is 11.6 Å². The highest BCUT2D eigenvalue weighted by molar-refractivity contribution is 6.06. The summed E-state index contributed by atoms with van der Waals surface area (Å²) in [7, 11) is 0. The number of rotatable bonds is 3. The minimum Gasteiger partial charge on any atom is -0.507 e. The summed E-state index contributed by atoms with van der Waals surface area (Å²) in [5, 5.41) is 16.1. The predicted molar refractivity (Wildman–Crippen MR) is 87.8 cm³/mol. The van der Waals surface area contributed by atoms with E-state index in [0.29, 0.717) is 16.7 Å². The second kappa shape index (κ2) is 6.04.